The molecule has 1 spiro atoms. The molecule has 6 nitrogen and oxygen atoms in total. The van der Waals surface area contributed by atoms with Crippen molar-refractivity contribution < 1.29 is 19.4 Å². The number of rotatable bonds is 2. The zero-order valence-corrected chi connectivity index (χ0v) is 14.9. The van der Waals surface area contributed by atoms with Crippen molar-refractivity contribution in [2.24, 2.45) is 16.7 Å². The van der Waals surface area contributed by atoms with E-state index in [0.29, 0.717) is 38.4 Å². The highest BCUT2D eigenvalue weighted by molar-refractivity contribution is 5.69. The summed E-state index contributed by atoms with van der Waals surface area (Å²) >= 11 is 0. The molecule has 6 heteroatoms. The highest BCUT2D eigenvalue weighted by Gasteiger charge is 2.63. The molecular formula is C17H30N2O4. The minimum absolute atomic E-state index is 0.222. The first kappa shape index (κ1) is 17.9. The number of nitrogens with one attached hydrogen (secondary N) is 1. The van der Waals surface area contributed by atoms with Crippen LogP contribution in [0.25, 0.3) is 0 Å². The van der Waals surface area contributed by atoms with Gasteiger partial charge in [0.15, 0.2) is 0 Å². The third kappa shape index (κ3) is 3.00. The van der Waals surface area contributed by atoms with Gasteiger partial charge in [0, 0.05) is 30.5 Å². The standard InChI is InChI=1S/C17H30N2O4/c1-12(2)10-17(15(3,4)5)16(11-18-13(20)23-17)6-8-19(9-7-16)14(21)22/h12H,6-11H2,1-5H3,(H,18,20)(H,21,22). The van der Waals surface area contributed by atoms with E-state index >= 15 is 0 Å². The minimum Gasteiger partial charge on any atom is -0.465 e. The summed E-state index contributed by atoms with van der Waals surface area (Å²) in [4.78, 5) is 24.8. The predicted molar refractivity (Wildman–Crippen MR) is 87.4 cm³/mol. The van der Waals surface area contributed by atoms with Crippen molar-refractivity contribution in [1.29, 1.82) is 0 Å². The lowest BCUT2D eigenvalue weighted by Gasteiger charge is -2.61. The number of cyclic esters (lactones) is 1. The summed E-state index contributed by atoms with van der Waals surface area (Å²) in [5.41, 5.74) is -1.03. The number of amides is 2. The molecule has 2 saturated heterocycles. The van der Waals surface area contributed by atoms with Crippen LogP contribution in [0, 0.1) is 16.7 Å². The molecular weight excluding hydrogens is 296 g/mol. The molecule has 0 radical (unpaired) electrons. The number of piperidine rings is 1. The van der Waals surface area contributed by atoms with Crippen molar-refractivity contribution in [3.05, 3.63) is 0 Å². The van der Waals surface area contributed by atoms with E-state index in [-0.39, 0.29) is 16.9 Å². The lowest BCUT2D eigenvalue weighted by atomic mass is 9.53. The van der Waals surface area contributed by atoms with E-state index < -0.39 is 11.7 Å². The molecule has 2 fully saturated rings. The van der Waals surface area contributed by atoms with E-state index in [9.17, 15) is 14.7 Å². The maximum atomic E-state index is 12.1. The zero-order chi connectivity index (χ0) is 17.5. The van der Waals surface area contributed by atoms with Crippen LogP contribution in [0.1, 0.15) is 53.9 Å². The van der Waals surface area contributed by atoms with E-state index in [4.69, 9.17) is 4.74 Å². The van der Waals surface area contributed by atoms with E-state index in [1.807, 2.05) is 0 Å². The molecule has 23 heavy (non-hydrogen) atoms. The Morgan fingerprint density at radius 3 is 2.35 bits per heavy atom. The molecule has 0 aliphatic carbocycles. The number of carboxylic acid groups (broad SMARTS) is 1. The van der Waals surface area contributed by atoms with Gasteiger partial charge in [0.25, 0.3) is 0 Å². The van der Waals surface area contributed by atoms with Crippen LogP contribution in [0.5, 0.6) is 0 Å². The Labute approximate surface area is 138 Å². The molecule has 2 aliphatic heterocycles. The fraction of sp³-hybridized carbons (Fsp3) is 0.882. The van der Waals surface area contributed by atoms with E-state index in [1.165, 1.54) is 4.90 Å². The van der Waals surface area contributed by atoms with Gasteiger partial charge < -0.3 is 20.1 Å². The van der Waals surface area contributed by atoms with Crippen molar-refractivity contribution in [3.63, 3.8) is 0 Å². The Morgan fingerprint density at radius 1 is 1.35 bits per heavy atom. The number of hydrogen-bond acceptors (Lipinski definition) is 3. The number of hydrogen-bond donors (Lipinski definition) is 2. The van der Waals surface area contributed by atoms with Gasteiger partial charge in [0.1, 0.15) is 5.60 Å². The molecule has 0 saturated carbocycles. The van der Waals surface area contributed by atoms with Crippen molar-refractivity contribution in [2.45, 2.75) is 59.5 Å². The maximum Gasteiger partial charge on any atom is 0.407 e. The Bertz CT molecular complexity index is 475. The predicted octanol–water partition coefficient (Wildman–Crippen LogP) is 3.32. The molecule has 2 heterocycles. The van der Waals surface area contributed by atoms with Crippen LogP contribution in [0.3, 0.4) is 0 Å². The van der Waals surface area contributed by atoms with Crippen LogP contribution in [-0.2, 0) is 4.74 Å². The number of carbonyl (C=O) groups is 2. The third-order valence-corrected chi connectivity index (χ3v) is 5.59. The fourth-order valence-corrected chi connectivity index (χ4v) is 4.48. The maximum absolute atomic E-state index is 12.1. The van der Waals surface area contributed by atoms with Crippen molar-refractivity contribution >= 4 is 12.2 Å². The summed E-state index contributed by atoms with van der Waals surface area (Å²) in [7, 11) is 0. The lowest BCUT2D eigenvalue weighted by Crippen LogP contribution is -2.70. The molecule has 1 unspecified atom stereocenters. The third-order valence-electron chi connectivity index (χ3n) is 5.59. The van der Waals surface area contributed by atoms with Gasteiger partial charge in [0.2, 0.25) is 0 Å². The summed E-state index contributed by atoms with van der Waals surface area (Å²) in [5, 5.41) is 12.1. The highest BCUT2D eigenvalue weighted by Crippen LogP contribution is 2.56. The van der Waals surface area contributed by atoms with Crippen LogP contribution in [0.15, 0.2) is 0 Å². The number of alkyl carbamates (subject to hydrolysis) is 1. The summed E-state index contributed by atoms with van der Waals surface area (Å²) < 4.78 is 6.02. The quantitative estimate of drug-likeness (QED) is 0.816. The molecule has 132 valence electrons. The second-order valence-corrected chi connectivity index (χ2v) is 8.47. The van der Waals surface area contributed by atoms with Gasteiger partial charge in [-0.15, -0.1) is 0 Å². The summed E-state index contributed by atoms with van der Waals surface area (Å²) in [6, 6.07) is 0. The van der Waals surface area contributed by atoms with E-state index in [2.05, 4.69) is 39.9 Å². The van der Waals surface area contributed by atoms with Crippen LogP contribution in [0.2, 0.25) is 0 Å². The molecule has 2 aliphatic rings. The second-order valence-electron chi connectivity index (χ2n) is 8.47. The minimum atomic E-state index is -0.870. The van der Waals surface area contributed by atoms with Crippen LogP contribution in [-0.4, -0.2) is 47.4 Å². The van der Waals surface area contributed by atoms with Gasteiger partial charge in [-0.1, -0.05) is 34.6 Å². The molecule has 0 bridgehead atoms. The Kier molecular flexibility index (Phi) is 4.57. The first-order valence-electron chi connectivity index (χ1n) is 8.48. The van der Waals surface area contributed by atoms with E-state index in [1.54, 1.807) is 0 Å². The second kappa shape index (κ2) is 5.87. The highest BCUT2D eigenvalue weighted by atomic mass is 16.6. The van der Waals surface area contributed by atoms with Crippen molar-refractivity contribution in [2.75, 3.05) is 19.6 Å². The average Bonchev–Trinajstić information content (AvgIpc) is 2.42. The van der Waals surface area contributed by atoms with Gasteiger partial charge in [-0.2, -0.15) is 0 Å². The average molecular weight is 326 g/mol. The van der Waals surface area contributed by atoms with Gasteiger partial charge in [-0.3, -0.25) is 0 Å². The number of ether oxygens (including phenoxy) is 1. The number of nitrogens with zero attached hydrogens (tertiary/aromatic N) is 1. The Balaban J connectivity index is 2.41. The van der Waals surface area contributed by atoms with Crippen molar-refractivity contribution in [1.82, 2.24) is 10.2 Å². The van der Waals surface area contributed by atoms with Crippen LogP contribution < -0.4 is 5.32 Å². The first-order valence-corrected chi connectivity index (χ1v) is 8.48. The molecule has 0 aromatic rings. The van der Waals surface area contributed by atoms with E-state index in [0.717, 1.165) is 6.42 Å². The molecule has 0 aromatic carbocycles. The van der Waals surface area contributed by atoms with Gasteiger partial charge in [-0.25, -0.2) is 9.59 Å². The van der Waals surface area contributed by atoms with Crippen LogP contribution >= 0.6 is 0 Å². The first-order chi connectivity index (χ1) is 10.5. The summed E-state index contributed by atoms with van der Waals surface area (Å²) in [6.07, 6.45) is 0.988. The van der Waals surface area contributed by atoms with Gasteiger partial charge in [-0.05, 0) is 25.2 Å². The largest absolute Gasteiger partial charge is 0.465 e. The van der Waals surface area contributed by atoms with Gasteiger partial charge >= 0.3 is 12.2 Å². The SMILES string of the molecule is CC(C)CC1(C(C)(C)C)OC(=O)NCC12CCN(C(=O)O)CC2. The smallest absolute Gasteiger partial charge is 0.407 e. The topological polar surface area (TPSA) is 78.9 Å². The Morgan fingerprint density at radius 2 is 1.91 bits per heavy atom. The summed E-state index contributed by atoms with van der Waals surface area (Å²) in [5.74, 6) is 0.384. The number of likely N-dealkylation sites (tertiary alicyclic amines) is 1. The monoisotopic (exact) mass is 326 g/mol. The molecule has 0 aromatic heterocycles. The molecule has 2 amide bonds. The van der Waals surface area contributed by atoms with Crippen LogP contribution in [0.4, 0.5) is 9.59 Å². The molecule has 1 atom stereocenters. The normalized spacial score (nSPS) is 27.7. The number of carbonyl (C=O) groups excluding carboxylic acids is 1. The summed E-state index contributed by atoms with van der Waals surface area (Å²) in [6.45, 7) is 12.2. The zero-order valence-electron chi connectivity index (χ0n) is 14.9. The molecule has 2 rings (SSSR count). The lowest BCUT2D eigenvalue weighted by molar-refractivity contribution is -0.198. The van der Waals surface area contributed by atoms with Crippen molar-refractivity contribution in [3.8, 4) is 0 Å². The van der Waals surface area contributed by atoms with Gasteiger partial charge in [0.05, 0.1) is 0 Å². The Hall–Kier alpha value is -1.46. The molecule has 2 N–H and O–H groups in total. The fourth-order valence-electron chi connectivity index (χ4n) is 4.48.